The van der Waals surface area contributed by atoms with Gasteiger partial charge in [0, 0.05) is 32.7 Å². The third-order valence-corrected chi connectivity index (χ3v) is 6.71. The predicted molar refractivity (Wildman–Crippen MR) is 93.5 cm³/mol. The monoisotopic (exact) mass is 375 g/mol. The van der Waals surface area contributed by atoms with Crippen molar-refractivity contribution in [1.29, 1.82) is 0 Å². The van der Waals surface area contributed by atoms with Gasteiger partial charge >= 0.3 is 5.97 Å². The van der Waals surface area contributed by atoms with Crippen molar-refractivity contribution in [2.45, 2.75) is 39.2 Å². The molecular formula is C16H29N3O5S. The van der Waals surface area contributed by atoms with Crippen molar-refractivity contribution in [3.8, 4) is 0 Å². The minimum atomic E-state index is -3.17. The minimum Gasteiger partial charge on any atom is -0.464 e. The number of sulfonamides is 1. The molecular weight excluding hydrogens is 346 g/mol. The van der Waals surface area contributed by atoms with Crippen molar-refractivity contribution in [2.75, 3.05) is 51.6 Å². The van der Waals surface area contributed by atoms with Gasteiger partial charge in [-0.15, -0.1) is 0 Å². The number of nitrogens with zero attached hydrogens (tertiary/aromatic N) is 3. The Morgan fingerprint density at radius 3 is 2.32 bits per heavy atom. The molecule has 1 amide bonds. The first-order valence-electron chi connectivity index (χ1n) is 9.05. The van der Waals surface area contributed by atoms with E-state index in [4.69, 9.17) is 4.74 Å². The number of ether oxygens (including phenoxy) is 1. The van der Waals surface area contributed by atoms with E-state index < -0.39 is 16.1 Å². The van der Waals surface area contributed by atoms with Gasteiger partial charge in [0.25, 0.3) is 0 Å². The first kappa shape index (κ1) is 20.1. The fraction of sp³-hybridized carbons (Fsp3) is 0.875. The van der Waals surface area contributed by atoms with E-state index in [1.165, 1.54) is 4.31 Å². The second-order valence-corrected chi connectivity index (χ2v) is 8.68. The fourth-order valence-corrected chi connectivity index (χ4v) is 4.43. The van der Waals surface area contributed by atoms with Gasteiger partial charge in [-0.05, 0) is 33.1 Å². The summed E-state index contributed by atoms with van der Waals surface area (Å²) in [6.45, 7) is 6.38. The lowest BCUT2D eigenvalue weighted by molar-refractivity contribution is -0.157. The van der Waals surface area contributed by atoms with Gasteiger partial charge in [-0.2, -0.15) is 4.31 Å². The zero-order chi connectivity index (χ0) is 18.4. The molecule has 0 bridgehead atoms. The third kappa shape index (κ3) is 5.15. The number of hydrogen-bond acceptors (Lipinski definition) is 6. The van der Waals surface area contributed by atoms with E-state index in [2.05, 4.69) is 0 Å². The number of carbonyl (C=O) groups is 2. The number of rotatable bonds is 6. The molecule has 0 aromatic carbocycles. The number of piperazine rings is 1. The highest BCUT2D eigenvalue weighted by atomic mass is 32.2. The standard InChI is InChI=1S/C16H29N3O5S/c1-3-24-16(21)14-7-5-6-8-19(14)15(20)13-17-9-11-18(12-10-17)25(22,23)4-2/h14H,3-13H2,1-2H3. The Kier molecular flexibility index (Phi) is 7.21. The van der Waals surface area contributed by atoms with Crippen molar-refractivity contribution in [3.05, 3.63) is 0 Å². The smallest absolute Gasteiger partial charge is 0.328 e. The zero-order valence-corrected chi connectivity index (χ0v) is 16.0. The molecule has 0 radical (unpaired) electrons. The third-order valence-electron chi connectivity index (χ3n) is 4.83. The molecule has 0 N–H and O–H groups in total. The van der Waals surface area contributed by atoms with Gasteiger partial charge in [0.05, 0.1) is 18.9 Å². The number of esters is 1. The average Bonchev–Trinajstić information content (AvgIpc) is 2.62. The molecule has 2 heterocycles. The van der Waals surface area contributed by atoms with Gasteiger partial charge in [-0.3, -0.25) is 9.69 Å². The van der Waals surface area contributed by atoms with E-state index in [9.17, 15) is 18.0 Å². The van der Waals surface area contributed by atoms with E-state index in [1.807, 2.05) is 4.90 Å². The van der Waals surface area contributed by atoms with Gasteiger partial charge in [0.2, 0.25) is 15.9 Å². The number of likely N-dealkylation sites (tertiary alicyclic amines) is 1. The van der Waals surface area contributed by atoms with Gasteiger partial charge < -0.3 is 9.64 Å². The molecule has 2 rings (SSSR count). The molecule has 9 heteroatoms. The summed E-state index contributed by atoms with van der Waals surface area (Å²) in [5, 5.41) is 0. The first-order chi connectivity index (χ1) is 11.9. The molecule has 25 heavy (non-hydrogen) atoms. The minimum absolute atomic E-state index is 0.0791. The van der Waals surface area contributed by atoms with E-state index in [0.717, 1.165) is 12.8 Å². The van der Waals surface area contributed by atoms with E-state index in [-0.39, 0.29) is 24.2 Å². The highest BCUT2D eigenvalue weighted by Gasteiger charge is 2.34. The van der Waals surface area contributed by atoms with Crippen molar-refractivity contribution in [2.24, 2.45) is 0 Å². The Morgan fingerprint density at radius 1 is 1.04 bits per heavy atom. The van der Waals surface area contributed by atoms with Crippen LogP contribution in [0.25, 0.3) is 0 Å². The molecule has 2 saturated heterocycles. The van der Waals surface area contributed by atoms with Crippen LogP contribution in [0, 0.1) is 0 Å². The lowest BCUT2D eigenvalue weighted by Crippen LogP contribution is -2.55. The number of amides is 1. The van der Waals surface area contributed by atoms with E-state index in [0.29, 0.717) is 45.8 Å². The Labute approximate surface area is 150 Å². The Balaban J connectivity index is 1.90. The van der Waals surface area contributed by atoms with Crippen LogP contribution in [0.15, 0.2) is 0 Å². The largest absolute Gasteiger partial charge is 0.464 e. The van der Waals surface area contributed by atoms with Gasteiger partial charge in [-0.1, -0.05) is 0 Å². The maximum absolute atomic E-state index is 12.7. The van der Waals surface area contributed by atoms with Gasteiger partial charge in [0.1, 0.15) is 6.04 Å². The van der Waals surface area contributed by atoms with Crippen LogP contribution in [-0.4, -0.2) is 92.1 Å². The average molecular weight is 375 g/mol. The lowest BCUT2D eigenvalue weighted by atomic mass is 10.0. The molecule has 8 nitrogen and oxygen atoms in total. The molecule has 0 spiro atoms. The van der Waals surface area contributed by atoms with Crippen LogP contribution in [0.4, 0.5) is 0 Å². The summed E-state index contributed by atoms with van der Waals surface area (Å²) >= 11 is 0. The summed E-state index contributed by atoms with van der Waals surface area (Å²) in [5.74, 6) is -0.306. The van der Waals surface area contributed by atoms with Crippen molar-refractivity contribution in [3.63, 3.8) is 0 Å². The Morgan fingerprint density at radius 2 is 1.72 bits per heavy atom. The first-order valence-corrected chi connectivity index (χ1v) is 10.7. The number of carbonyl (C=O) groups excluding carboxylic acids is 2. The molecule has 1 unspecified atom stereocenters. The van der Waals surface area contributed by atoms with Crippen LogP contribution in [0.1, 0.15) is 33.1 Å². The number of hydrogen-bond donors (Lipinski definition) is 0. The van der Waals surface area contributed by atoms with Crippen LogP contribution in [-0.2, 0) is 24.3 Å². The molecule has 0 aromatic rings. The molecule has 2 aliphatic rings. The highest BCUT2D eigenvalue weighted by molar-refractivity contribution is 7.89. The summed E-state index contributed by atoms with van der Waals surface area (Å²) < 4.78 is 30.4. The normalized spacial score (nSPS) is 23.4. The predicted octanol–water partition coefficient (Wildman–Crippen LogP) is -0.102. The summed E-state index contributed by atoms with van der Waals surface area (Å²) in [6.07, 6.45) is 2.46. The zero-order valence-electron chi connectivity index (χ0n) is 15.1. The maximum atomic E-state index is 12.7. The fourth-order valence-electron chi connectivity index (χ4n) is 3.34. The quantitative estimate of drug-likeness (QED) is 0.603. The van der Waals surface area contributed by atoms with Crippen LogP contribution in [0.3, 0.4) is 0 Å². The van der Waals surface area contributed by atoms with Crippen LogP contribution < -0.4 is 0 Å². The Hall–Kier alpha value is -1.19. The summed E-state index contributed by atoms with van der Waals surface area (Å²) in [6, 6.07) is -0.483. The summed E-state index contributed by atoms with van der Waals surface area (Å²) in [5.41, 5.74) is 0. The second-order valence-electron chi connectivity index (χ2n) is 6.43. The second kappa shape index (κ2) is 8.95. The number of piperidine rings is 1. The molecule has 144 valence electrons. The molecule has 2 aliphatic heterocycles. The molecule has 1 atom stereocenters. The molecule has 0 aromatic heterocycles. The van der Waals surface area contributed by atoms with E-state index >= 15 is 0 Å². The van der Waals surface area contributed by atoms with Crippen molar-refractivity contribution >= 4 is 21.9 Å². The summed E-state index contributed by atoms with van der Waals surface area (Å²) in [4.78, 5) is 28.3. The lowest BCUT2D eigenvalue weighted by Gasteiger charge is -2.37. The van der Waals surface area contributed by atoms with Crippen molar-refractivity contribution in [1.82, 2.24) is 14.1 Å². The van der Waals surface area contributed by atoms with E-state index in [1.54, 1.807) is 18.7 Å². The molecule has 0 saturated carbocycles. The summed E-state index contributed by atoms with van der Waals surface area (Å²) in [7, 11) is -3.17. The SMILES string of the molecule is CCOC(=O)C1CCCCN1C(=O)CN1CCN(S(=O)(=O)CC)CC1. The van der Waals surface area contributed by atoms with Crippen LogP contribution in [0.2, 0.25) is 0 Å². The highest BCUT2D eigenvalue weighted by Crippen LogP contribution is 2.19. The van der Waals surface area contributed by atoms with Gasteiger partial charge in [0.15, 0.2) is 0 Å². The van der Waals surface area contributed by atoms with Crippen molar-refractivity contribution < 1.29 is 22.7 Å². The van der Waals surface area contributed by atoms with Gasteiger partial charge in [-0.25, -0.2) is 13.2 Å². The van der Waals surface area contributed by atoms with Crippen LogP contribution >= 0.6 is 0 Å². The maximum Gasteiger partial charge on any atom is 0.328 e. The molecule has 2 fully saturated rings. The Bertz CT molecular complexity index is 572. The topological polar surface area (TPSA) is 87.2 Å². The van der Waals surface area contributed by atoms with Crippen LogP contribution in [0.5, 0.6) is 0 Å². The molecule has 0 aliphatic carbocycles.